The summed E-state index contributed by atoms with van der Waals surface area (Å²) >= 11 is 0. The normalized spacial score (nSPS) is 13.1. The third-order valence-electron chi connectivity index (χ3n) is 8.22. The monoisotopic (exact) mass is 455 g/mol. The predicted molar refractivity (Wildman–Crippen MR) is 156 cm³/mol. The molecule has 0 aromatic rings. The molecule has 198 valence electrons. The van der Waals surface area contributed by atoms with E-state index < -0.39 is 0 Å². The highest BCUT2D eigenvalue weighted by molar-refractivity contribution is 5.13. The third-order valence-corrected chi connectivity index (χ3v) is 8.22. The van der Waals surface area contributed by atoms with Crippen LogP contribution in [0, 0.1) is 38.4 Å². The van der Waals surface area contributed by atoms with Gasteiger partial charge in [0.15, 0.2) is 0 Å². The van der Waals surface area contributed by atoms with Crippen LogP contribution in [-0.2, 0) is 0 Å². The smallest absolute Gasteiger partial charge is 0.0173 e. The molecule has 0 bridgehead atoms. The molecule has 0 unspecified atom stereocenters. The first-order valence-electron chi connectivity index (χ1n) is 13.2. The predicted octanol–water partition coefficient (Wildman–Crippen LogP) is 12.2. The van der Waals surface area contributed by atoms with Gasteiger partial charge in [-0.2, -0.15) is 0 Å². The van der Waals surface area contributed by atoms with Crippen molar-refractivity contribution in [3.63, 3.8) is 0 Å². The Kier molecular flexibility index (Phi) is 16.5. The molecule has 0 amide bonds. The van der Waals surface area contributed by atoms with Gasteiger partial charge in [-0.3, -0.25) is 0 Å². The molecule has 0 aromatic heterocycles. The van der Waals surface area contributed by atoms with Crippen molar-refractivity contribution < 1.29 is 0 Å². The summed E-state index contributed by atoms with van der Waals surface area (Å²) in [6, 6.07) is 0. The maximum absolute atomic E-state index is 2.35. The molecule has 0 radical (unpaired) electrons. The second-order valence-electron chi connectivity index (χ2n) is 15.5. The molecule has 0 aliphatic heterocycles. The Morgan fingerprint density at radius 2 is 0.688 bits per heavy atom. The van der Waals surface area contributed by atoms with Gasteiger partial charge >= 0.3 is 0 Å². The Bertz CT molecular complexity index is 471. The van der Waals surface area contributed by atoms with E-state index in [2.05, 4.69) is 145 Å². The van der Waals surface area contributed by atoms with E-state index in [9.17, 15) is 0 Å². The zero-order valence-corrected chi connectivity index (χ0v) is 27.6. The number of hydrogen-bond donors (Lipinski definition) is 0. The van der Waals surface area contributed by atoms with Crippen molar-refractivity contribution in [2.24, 2.45) is 38.4 Å². The molecule has 0 aliphatic carbocycles. The molecule has 0 aliphatic rings. The van der Waals surface area contributed by atoms with Crippen LogP contribution in [0.2, 0.25) is 0 Å². The van der Waals surface area contributed by atoms with Crippen molar-refractivity contribution in [2.75, 3.05) is 0 Å². The fourth-order valence-electron chi connectivity index (χ4n) is 3.17. The molecule has 0 N–H and O–H groups in total. The van der Waals surface area contributed by atoms with Crippen LogP contribution in [0.1, 0.15) is 159 Å². The van der Waals surface area contributed by atoms with Crippen LogP contribution in [0.4, 0.5) is 0 Å². The van der Waals surface area contributed by atoms with Gasteiger partial charge in [0.05, 0.1) is 0 Å². The lowest BCUT2D eigenvalue weighted by Gasteiger charge is -2.49. The molecule has 0 saturated heterocycles. The molecule has 0 aromatic carbocycles. The molecule has 0 heteroatoms. The minimum atomic E-state index is 0.360. The Labute approximate surface area is 208 Å². The first-order chi connectivity index (χ1) is 13.5. The average Bonchev–Trinajstić information content (AvgIpc) is 2.51. The number of hydrogen-bond acceptors (Lipinski definition) is 0. The molecule has 0 fully saturated rings. The van der Waals surface area contributed by atoms with Gasteiger partial charge in [-0.1, -0.05) is 150 Å². The standard InChI is InChI=1S/C11H24.C10H22.C9H18.C2H6/c1-9(2,3)11(7,8)10(4,5)6;1-8(9(2,3)4)10(5,6)7;1-7(2)8(3)9(4,5)6;1-2/h1-8H3;8H,1-7H3;1-6H3;1-2H3. The fraction of sp³-hybridized carbons (Fsp3) is 0.938. The largest absolute Gasteiger partial charge is 0.0770 e. The molecule has 0 atom stereocenters. The second-order valence-corrected chi connectivity index (χ2v) is 15.5. The van der Waals surface area contributed by atoms with Crippen molar-refractivity contribution in [1.29, 1.82) is 0 Å². The van der Waals surface area contributed by atoms with Crippen LogP contribution in [0.15, 0.2) is 11.1 Å². The summed E-state index contributed by atoms with van der Waals surface area (Å²) in [5.41, 5.74) is 5.33. The lowest BCUT2D eigenvalue weighted by Crippen LogP contribution is -2.41. The quantitative estimate of drug-likeness (QED) is 0.319. The Morgan fingerprint density at radius 3 is 0.688 bits per heavy atom. The maximum Gasteiger partial charge on any atom is -0.0173 e. The third kappa shape index (κ3) is 15.6. The van der Waals surface area contributed by atoms with E-state index in [0.717, 1.165) is 5.92 Å². The van der Waals surface area contributed by atoms with Gasteiger partial charge in [0.25, 0.3) is 0 Å². The van der Waals surface area contributed by atoms with Gasteiger partial charge in [-0.15, -0.1) is 0 Å². The molecule has 0 heterocycles. The van der Waals surface area contributed by atoms with Gasteiger partial charge in [-0.25, -0.2) is 0 Å². The van der Waals surface area contributed by atoms with Crippen molar-refractivity contribution in [3.8, 4) is 0 Å². The van der Waals surface area contributed by atoms with E-state index in [1.54, 1.807) is 0 Å². The van der Waals surface area contributed by atoms with Gasteiger partial charge in [0.1, 0.15) is 0 Å². The fourth-order valence-corrected chi connectivity index (χ4v) is 3.17. The molecule has 0 rings (SSSR count). The Hall–Kier alpha value is -0.260. The van der Waals surface area contributed by atoms with Gasteiger partial charge in [0, 0.05) is 0 Å². The van der Waals surface area contributed by atoms with Crippen molar-refractivity contribution in [1.82, 2.24) is 0 Å². The van der Waals surface area contributed by atoms with Crippen molar-refractivity contribution in [3.05, 3.63) is 11.1 Å². The van der Waals surface area contributed by atoms with Gasteiger partial charge < -0.3 is 0 Å². The summed E-state index contributed by atoms with van der Waals surface area (Å²) in [6.07, 6.45) is 0. The summed E-state index contributed by atoms with van der Waals surface area (Å²) in [7, 11) is 0. The SMILES string of the molecule is CC.CC(C(C)(C)C)C(C)(C)C.CC(C)(C)C(C)(C)C(C)(C)C.CC(C)=C(C)C(C)(C)C. The van der Waals surface area contributed by atoms with Crippen LogP contribution in [0.25, 0.3) is 0 Å². The van der Waals surface area contributed by atoms with Crippen LogP contribution in [0.3, 0.4) is 0 Å². The van der Waals surface area contributed by atoms with E-state index in [0.29, 0.717) is 32.5 Å². The first-order valence-corrected chi connectivity index (χ1v) is 13.2. The van der Waals surface area contributed by atoms with Crippen molar-refractivity contribution >= 4 is 0 Å². The zero-order valence-electron chi connectivity index (χ0n) is 27.6. The van der Waals surface area contributed by atoms with E-state index in [1.807, 2.05) is 13.8 Å². The Morgan fingerprint density at radius 1 is 0.469 bits per heavy atom. The molecular formula is C32H70. The second kappa shape index (κ2) is 13.6. The van der Waals surface area contributed by atoms with Crippen molar-refractivity contribution in [2.45, 2.75) is 159 Å². The summed E-state index contributed by atoms with van der Waals surface area (Å²) < 4.78 is 0. The first kappa shape index (κ1) is 39.0. The highest BCUT2D eigenvalue weighted by Crippen LogP contribution is 2.50. The van der Waals surface area contributed by atoms with Crippen LogP contribution in [0.5, 0.6) is 0 Å². The van der Waals surface area contributed by atoms with E-state index in [1.165, 1.54) is 11.1 Å². The van der Waals surface area contributed by atoms with Crippen LogP contribution in [-0.4, -0.2) is 0 Å². The summed E-state index contributed by atoms with van der Waals surface area (Å²) in [5.74, 6) is 0.764. The highest BCUT2D eigenvalue weighted by Gasteiger charge is 2.42. The topological polar surface area (TPSA) is 0 Å². The highest BCUT2D eigenvalue weighted by atomic mass is 14.5. The van der Waals surface area contributed by atoms with Gasteiger partial charge in [0.2, 0.25) is 0 Å². The van der Waals surface area contributed by atoms with E-state index in [-0.39, 0.29) is 0 Å². The Balaban J connectivity index is -0.000000177. The van der Waals surface area contributed by atoms with E-state index in [4.69, 9.17) is 0 Å². The molecule has 0 spiro atoms. The molecule has 0 saturated carbocycles. The summed E-state index contributed by atoms with van der Waals surface area (Å²) in [6.45, 7) is 52.1. The van der Waals surface area contributed by atoms with Gasteiger partial charge in [-0.05, 0) is 59.2 Å². The maximum atomic E-state index is 2.35. The van der Waals surface area contributed by atoms with E-state index >= 15 is 0 Å². The summed E-state index contributed by atoms with van der Waals surface area (Å²) in [4.78, 5) is 0. The van der Waals surface area contributed by atoms with Crippen LogP contribution < -0.4 is 0 Å². The minimum absolute atomic E-state index is 0.360. The lowest BCUT2D eigenvalue weighted by molar-refractivity contribution is 0.00575. The molecule has 0 nitrogen and oxygen atoms in total. The van der Waals surface area contributed by atoms with Crippen LogP contribution >= 0.6 is 0 Å². The lowest BCUT2D eigenvalue weighted by atomic mass is 9.56. The summed E-state index contributed by atoms with van der Waals surface area (Å²) in [5, 5.41) is 0. The molecular weight excluding hydrogens is 384 g/mol. The minimum Gasteiger partial charge on any atom is -0.0770 e. The zero-order chi connectivity index (χ0) is 27.7. The molecule has 32 heavy (non-hydrogen) atoms. The number of rotatable bonds is 0. The average molecular weight is 455 g/mol. The number of allylic oxidation sites excluding steroid dienone is 2.